The van der Waals surface area contributed by atoms with Gasteiger partial charge in [0.25, 0.3) is 0 Å². The number of rotatable bonds is 5. The van der Waals surface area contributed by atoms with Crippen LogP contribution in [0.2, 0.25) is 0 Å². The van der Waals surface area contributed by atoms with Crippen LogP contribution in [0, 0.1) is 20.8 Å². The summed E-state index contributed by atoms with van der Waals surface area (Å²) >= 11 is 0. The highest BCUT2D eigenvalue weighted by Gasteiger charge is 2.05. The maximum Gasteiger partial charge on any atom is 0.221 e. The first-order valence-corrected chi connectivity index (χ1v) is 7.39. The average Bonchev–Trinajstić information content (AvgIpc) is 2.56. The minimum Gasteiger partial charge on any atom is -0.489 e. The molecule has 2 rings (SSSR count). The number of nitrogens with one attached hydrogen (secondary N) is 2. The van der Waals surface area contributed by atoms with Gasteiger partial charge in [-0.05, 0) is 55.7 Å². The molecule has 0 aliphatic heterocycles. The van der Waals surface area contributed by atoms with Crippen molar-refractivity contribution in [1.29, 1.82) is 0 Å². The van der Waals surface area contributed by atoms with Crippen molar-refractivity contribution in [3.05, 3.63) is 58.7 Å². The first-order chi connectivity index (χ1) is 11.0. The molecule has 5 heteroatoms. The lowest BCUT2D eigenvalue weighted by atomic mass is 10.1. The molecular formula is C18H25N3O2. The van der Waals surface area contributed by atoms with Gasteiger partial charge in [-0.15, -0.1) is 0 Å². The standard InChI is InChI=1S/C17H21NO.CH4N2O/c1-12-8-9-15(10-14(12)3)19-11-16-13(2)6-5-7-17(16)18-4;2-3-1-4/h5-10,18H,11H2,1-4H3;1H,2H2,(H,3,4). The van der Waals surface area contributed by atoms with Gasteiger partial charge in [0.15, 0.2) is 0 Å². The van der Waals surface area contributed by atoms with Crippen molar-refractivity contribution in [2.45, 2.75) is 27.4 Å². The molecule has 1 amide bonds. The van der Waals surface area contributed by atoms with E-state index in [1.807, 2.05) is 13.1 Å². The third-order valence-corrected chi connectivity index (χ3v) is 3.61. The lowest BCUT2D eigenvalue weighted by molar-refractivity contribution is -0.109. The molecule has 0 bridgehead atoms. The topological polar surface area (TPSA) is 76.4 Å². The predicted octanol–water partition coefficient (Wildman–Crippen LogP) is 2.84. The molecule has 0 aliphatic rings. The Morgan fingerprint density at radius 1 is 1.09 bits per heavy atom. The highest BCUT2D eigenvalue weighted by atomic mass is 16.5. The van der Waals surface area contributed by atoms with Crippen molar-refractivity contribution in [2.24, 2.45) is 5.84 Å². The maximum absolute atomic E-state index is 8.94. The molecule has 2 aromatic rings. The van der Waals surface area contributed by atoms with Gasteiger partial charge in [0.1, 0.15) is 12.4 Å². The normalized spacial score (nSPS) is 9.43. The van der Waals surface area contributed by atoms with E-state index in [-0.39, 0.29) is 0 Å². The Bertz CT molecular complexity index is 642. The molecule has 0 saturated heterocycles. The molecule has 23 heavy (non-hydrogen) atoms. The van der Waals surface area contributed by atoms with Crippen LogP contribution in [0.25, 0.3) is 0 Å². The summed E-state index contributed by atoms with van der Waals surface area (Å²) in [6.07, 6.45) is 0.403. The molecule has 4 N–H and O–H groups in total. The first-order valence-electron chi connectivity index (χ1n) is 7.39. The Labute approximate surface area is 137 Å². The van der Waals surface area contributed by atoms with E-state index in [1.54, 1.807) is 5.43 Å². The van der Waals surface area contributed by atoms with E-state index in [9.17, 15) is 0 Å². The van der Waals surface area contributed by atoms with Crippen molar-refractivity contribution in [3.8, 4) is 5.75 Å². The largest absolute Gasteiger partial charge is 0.489 e. The van der Waals surface area contributed by atoms with Gasteiger partial charge < -0.3 is 10.1 Å². The van der Waals surface area contributed by atoms with Crippen LogP contribution in [0.4, 0.5) is 5.69 Å². The van der Waals surface area contributed by atoms with Gasteiger partial charge in [-0.1, -0.05) is 18.2 Å². The second kappa shape index (κ2) is 9.48. The molecule has 0 aromatic heterocycles. The zero-order chi connectivity index (χ0) is 17.2. The lowest BCUT2D eigenvalue weighted by Crippen LogP contribution is -2.18. The molecule has 0 spiro atoms. The van der Waals surface area contributed by atoms with Gasteiger partial charge in [0.05, 0.1) is 0 Å². The molecule has 2 aromatic carbocycles. The molecule has 124 valence electrons. The van der Waals surface area contributed by atoms with E-state index in [1.165, 1.54) is 22.3 Å². The third kappa shape index (κ3) is 5.64. The van der Waals surface area contributed by atoms with Gasteiger partial charge in [0.2, 0.25) is 6.41 Å². The van der Waals surface area contributed by atoms with E-state index >= 15 is 0 Å². The molecule has 5 nitrogen and oxygen atoms in total. The maximum atomic E-state index is 8.94. The number of aryl methyl sites for hydroxylation is 3. The number of hydrogen-bond acceptors (Lipinski definition) is 4. The van der Waals surface area contributed by atoms with Crippen LogP contribution in [0.3, 0.4) is 0 Å². The molecule has 0 saturated carbocycles. The van der Waals surface area contributed by atoms with Crippen molar-refractivity contribution < 1.29 is 9.53 Å². The van der Waals surface area contributed by atoms with E-state index in [2.05, 4.69) is 62.3 Å². The second-order valence-electron chi connectivity index (χ2n) is 5.17. The van der Waals surface area contributed by atoms with Crippen LogP contribution in [0.15, 0.2) is 36.4 Å². The summed E-state index contributed by atoms with van der Waals surface area (Å²) in [5, 5.41) is 3.21. The number of carbonyl (C=O) groups excluding carboxylic acids is 1. The minimum absolute atomic E-state index is 0.403. The van der Waals surface area contributed by atoms with Crippen molar-refractivity contribution in [1.82, 2.24) is 5.43 Å². The number of benzene rings is 2. The number of carbonyl (C=O) groups is 1. The van der Waals surface area contributed by atoms with E-state index < -0.39 is 0 Å². The quantitative estimate of drug-likeness (QED) is 0.343. The fourth-order valence-electron chi connectivity index (χ4n) is 2.09. The van der Waals surface area contributed by atoms with Crippen LogP contribution < -0.4 is 21.3 Å². The van der Waals surface area contributed by atoms with Gasteiger partial charge in [-0.3, -0.25) is 10.2 Å². The third-order valence-electron chi connectivity index (χ3n) is 3.61. The van der Waals surface area contributed by atoms with E-state index in [4.69, 9.17) is 9.53 Å². The number of amides is 1. The number of nitrogens with two attached hydrogens (primary N) is 1. The van der Waals surface area contributed by atoms with Crippen molar-refractivity contribution in [2.75, 3.05) is 12.4 Å². The SMILES string of the molecule is CNc1cccc(C)c1COc1ccc(C)c(C)c1.NNC=O. The summed E-state index contributed by atoms with van der Waals surface area (Å²) in [4.78, 5) is 8.94. The van der Waals surface area contributed by atoms with E-state index in [0.717, 1.165) is 11.4 Å². The minimum atomic E-state index is 0.403. The van der Waals surface area contributed by atoms with Crippen molar-refractivity contribution in [3.63, 3.8) is 0 Å². The lowest BCUT2D eigenvalue weighted by Gasteiger charge is -2.14. The summed E-state index contributed by atoms with van der Waals surface area (Å²) < 4.78 is 5.91. The van der Waals surface area contributed by atoms with Crippen LogP contribution in [0.5, 0.6) is 5.75 Å². The Morgan fingerprint density at radius 3 is 2.35 bits per heavy atom. The Morgan fingerprint density at radius 2 is 1.78 bits per heavy atom. The zero-order valence-electron chi connectivity index (χ0n) is 14.1. The van der Waals surface area contributed by atoms with E-state index in [0.29, 0.717) is 13.0 Å². The first kappa shape index (κ1) is 18.5. The number of ether oxygens (including phenoxy) is 1. The summed E-state index contributed by atoms with van der Waals surface area (Å²) in [6, 6.07) is 12.5. The fraction of sp³-hybridized carbons (Fsp3) is 0.278. The molecule has 0 unspecified atom stereocenters. The Balaban J connectivity index is 0.000000593. The summed E-state index contributed by atoms with van der Waals surface area (Å²) in [5.41, 5.74) is 7.89. The summed E-state index contributed by atoms with van der Waals surface area (Å²) in [7, 11) is 1.94. The summed E-state index contributed by atoms with van der Waals surface area (Å²) in [6.45, 7) is 6.92. The number of hydrazine groups is 1. The molecule has 0 aliphatic carbocycles. The monoisotopic (exact) mass is 315 g/mol. The average molecular weight is 315 g/mol. The van der Waals surface area contributed by atoms with Crippen molar-refractivity contribution >= 4 is 12.1 Å². The fourth-order valence-corrected chi connectivity index (χ4v) is 2.09. The highest BCUT2D eigenvalue weighted by molar-refractivity contribution is 5.54. The summed E-state index contributed by atoms with van der Waals surface area (Å²) in [5.74, 6) is 5.33. The van der Waals surface area contributed by atoms with Crippen LogP contribution in [-0.2, 0) is 11.4 Å². The van der Waals surface area contributed by atoms with Crippen LogP contribution >= 0.6 is 0 Å². The van der Waals surface area contributed by atoms with Gasteiger partial charge >= 0.3 is 0 Å². The Hall–Kier alpha value is -2.53. The molecule has 0 fully saturated rings. The smallest absolute Gasteiger partial charge is 0.221 e. The van der Waals surface area contributed by atoms with Gasteiger partial charge in [0, 0.05) is 18.3 Å². The second-order valence-corrected chi connectivity index (χ2v) is 5.17. The molecule has 0 radical (unpaired) electrons. The number of hydrogen-bond donors (Lipinski definition) is 3. The van der Waals surface area contributed by atoms with Crippen LogP contribution in [0.1, 0.15) is 22.3 Å². The van der Waals surface area contributed by atoms with Gasteiger partial charge in [-0.2, -0.15) is 0 Å². The molecule has 0 heterocycles. The highest BCUT2D eigenvalue weighted by Crippen LogP contribution is 2.23. The number of anilines is 1. The van der Waals surface area contributed by atoms with Gasteiger partial charge in [-0.25, -0.2) is 5.84 Å². The molecular weight excluding hydrogens is 290 g/mol. The van der Waals surface area contributed by atoms with Crippen LogP contribution in [-0.4, -0.2) is 13.5 Å². The molecule has 0 atom stereocenters. The zero-order valence-corrected chi connectivity index (χ0v) is 14.1. The predicted molar refractivity (Wildman–Crippen MR) is 94.4 cm³/mol. The Kier molecular flexibility index (Phi) is 7.63.